The molecule has 0 saturated carbocycles. The summed E-state index contributed by atoms with van der Waals surface area (Å²) in [6.45, 7) is 9.49. The Morgan fingerprint density at radius 3 is 2.20 bits per heavy atom. The lowest BCUT2D eigenvalue weighted by molar-refractivity contribution is 0.961. The van der Waals surface area contributed by atoms with Crippen LogP contribution in [-0.2, 0) is 0 Å². The summed E-state index contributed by atoms with van der Waals surface area (Å²) in [5.74, 6) is 0. The van der Waals surface area contributed by atoms with E-state index < -0.39 is 8.07 Å². The number of allylic oxidation sites excluding steroid dienone is 1. The lowest BCUT2D eigenvalue weighted by Crippen LogP contribution is -2.22. The van der Waals surface area contributed by atoms with Gasteiger partial charge >= 0.3 is 0 Å². The topological polar surface area (TPSA) is 0 Å². The van der Waals surface area contributed by atoms with Crippen molar-refractivity contribution in [2.45, 2.75) is 39.4 Å². The van der Waals surface area contributed by atoms with Gasteiger partial charge in [-0.15, -0.1) is 0 Å². The molecule has 0 aromatic heterocycles. The Bertz CT molecular complexity index is 317. The summed E-state index contributed by atoms with van der Waals surface area (Å²) in [7, 11) is -1.20. The van der Waals surface area contributed by atoms with Gasteiger partial charge in [0.1, 0.15) is 0 Å². The first-order valence-electron chi connectivity index (χ1n) is 5.81. The average Bonchev–Trinajstić information content (AvgIpc) is 2.18. The Hall–Kier alpha value is -0.823. The van der Waals surface area contributed by atoms with E-state index in [9.17, 15) is 0 Å². The van der Waals surface area contributed by atoms with Crippen LogP contribution in [-0.4, -0.2) is 8.07 Å². The molecular weight excluding hydrogens is 196 g/mol. The molecule has 15 heavy (non-hydrogen) atoms. The van der Waals surface area contributed by atoms with E-state index in [4.69, 9.17) is 0 Å². The highest BCUT2D eigenvalue weighted by Crippen LogP contribution is 2.26. The molecule has 1 rings (SSSR count). The van der Waals surface area contributed by atoms with Gasteiger partial charge in [-0.25, -0.2) is 0 Å². The Labute approximate surface area is 95.0 Å². The second kappa shape index (κ2) is 5.31. The summed E-state index contributed by atoms with van der Waals surface area (Å²) in [5, 5.41) is 1.60. The fraction of sp³-hybridized carbons (Fsp3) is 0.429. The predicted octanol–water partition coefficient (Wildman–Crippen LogP) is 4.75. The van der Waals surface area contributed by atoms with Crippen molar-refractivity contribution in [2.75, 3.05) is 0 Å². The van der Waals surface area contributed by atoms with Crippen LogP contribution in [0.2, 0.25) is 19.6 Å². The lowest BCUT2D eigenvalue weighted by Gasteiger charge is -2.21. The monoisotopic (exact) mass is 218 g/mol. The summed E-state index contributed by atoms with van der Waals surface area (Å²) in [6, 6.07) is 10.8. The fourth-order valence-corrected chi connectivity index (χ4v) is 3.55. The van der Waals surface area contributed by atoms with Crippen LogP contribution >= 0.6 is 0 Å². The van der Waals surface area contributed by atoms with Gasteiger partial charge in [0.05, 0.1) is 8.07 Å². The summed E-state index contributed by atoms with van der Waals surface area (Å²) < 4.78 is 0. The lowest BCUT2D eigenvalue weighted by atomic mass is 10.2. The van der Waals surface area contributed by atoms with Gasteiger partial charge in [-0.05, 0) is 12.0 Å². The normalized spacial score (nSPS) is 12.9. The maximum atomic E-state index is 2.45. The van der Waals surface area contributed by atoms with Crippen LogP contribution in [0.3, 0.4) is 0 Å². The minimum absolute atomic E-state index is 1.20. The summed E-state index contributed by atoms with van der Waals surface area (Å²) in [4.78, 5) is 0. The minimum atomic E-state index is -1.20. The van der Waals surface area contributed by atoms with E-state index in [0.29, 0.717) is 0 Å². The summed E-state index contributed by atoms with van der Waals surface area (Å²) in [6.07, 6.45) is 4.89. The molecule has 0 fully saturated rings. The van der Waals surface area contributed by atoms with Crippen molar-refractivity contribution in [3.63, 3.8) is 0 Å². The van der Waals surface area contributed by atoms with Crippen molar-refractivity contribution in [2.24, 2.45) is 0 Å². The van der Waals surface area contributed by atoms with Gasteiger partial charge in [0.25, 0.3) is 0 Å². The molecule has 0 N–H and O–H groups in total. The molecule has 0 heterocycles. The third-order valence-corrected chi connectivity index (χ3v) is 4.64. The zero-order valence-corrected chi connectivity index (χ0v) is 11.4. The molecule has 0 bridgehead atoms. The van der Waals surface area contributed by atoms with Gasteiger partial charge in [-0.3, -0.25) is 0 Å². The molecule has 1 aromatic carbocycles. The van der Waals surface area contributed by atoms with Crippen molar-refractivity contribution in [1.29, 1.82) is 0 Å². The zero-order valence-electron chi connectivity index (χ0n) is 10.4. The van der Waals surface area contributed by atoms with Crippen LogP contribution in [0.5, 0.6) is 0 Å². The van der Waals surface area contributed by atoms with E-state index >= 15 is 0 Å². The van der Waals surface area contributed by atoms with E-state index in [-0.39, 0.29) is 0 Å². The van der Waals surface area contributed by atoms with E-state index in [0.717, 1.165) is 0 Å². The maximum Gasteiger partial charge on any atom is 0.0779 e. The number of hydrogen-bond acceptors (Lipinski definition) is 0. The van der Waals surface area contributed by atoms with Crippen LogP contribution in [0.4, 0.5) is 0 Å². The summed E-state index contributed by atoms with van der Waals surface area (Å²) in [5.41, 5.74) is 1.42. The number of hydrogen-bond donors (Lipinski definition) is 0. The van der Waals surface area contributed by atoms with E-state index in [1.165, 1.54) is 18.4 Å². The van der Waals surface area contributed by atoms with Gasteiger partial charge in [0, 0.05) is 0 Å². The molecule has 0 saturated heterocycles. The van der Waals surface area contributed by atoms with Crippen molar-refractivity contribution in [3.8, 4) is 0 Å². The SMILES string of the molecule is CCC/C=C(/c1ccccc1)[Si](C)(C)C. The average molecular weight is 218 g/mol. The van der Waals surface area contributed by atoms with Crippen LogP contribution < -0.4 is 0 Å². The number of benzene rings is 1. The summed E-state index contributed by atoms with van der Waals surface area (Å²) >= 11 is 0. The first-order chi connectivity index (χ1) is 7.05. The smallest absolute Gasteiger partial charge is 0.0779 e. The van der Waals surface area contributed by atoms with Gasteiger partial charge in [-0.1, -0.05) is 74.6 Å². The van der Waals surface area contributed by atoms with E-state index in [1.54, 1.807) is 5.20 Å². The predicted molar refractivity (Wildman–Crippen MR) is 72.7 cm³/mol. The first-order valence-corrected chi connectivity index (χ1v) is 9.31. The third kappa shape index (κ3) is 3.67. The highest BCUT2D eigenvalue weighted by atomic mass is 28.3. The molecule has 1 aromatic rings. The van der Waals surface area contributed by atoms with Gasteiger partial charge in [-0.2, -0.15) is 0 Å². The van der Waals surface area contributed by atoms with Crippen LogP contribution in [0.25, 0.3) is 5.20 Å². The Balaban J connectivity index is 3.03. The largest absolute Gasteiger partial charge is 0.0847 e. The molecule has 0 aliphatic heterocycles. The number of rotatable bonds is 4. The van der Waals surface area contributed by atoms with Gasteiger partial charge in [0.15, 0.2) is 0 Å². The van der Waals surface area contributed by atoms with Crippen molar-refractivity contribution < 1.29 is 0 Å². The number of unbranched alkanes of at least 4 members (excludes halogenated alkanes) is 1. The molecule has 0 unspecified atom stereocenters. The Morgan fingerprint density at radius 1 is 1.13 bits per heavy atom. The van der Waals surface area contributed by atoms with Crippen LogP contribution in [0, 0.1) is 0 Å². The van der Waals surface area contributed by atoms with E-state index in [1.807, 2.05) is 0 Å². The van der Waals surface area contributed by atoms with Crippen LogP contribution in [0.1, 0.15) is 25.3 Å². The molecule has 0 atom stereocenters. The van der Waals surface area contributed by atoms with Gasteiger partial charge in [0.2, 0.25) is 0 Å². The Morgan fingerprint density at radius 2 is 1.73 bits per heavy atom. The second-order valence-corrected chi connectivity index (χ2v) is 10.1. The zero-order chi connectivity index (χ0) is 11.3. The Kier molecular flexibility index (Phi) is 4.34. The van der Waals surface area contributed by atoms with Crippen LogP contribution in [0.15, 0.2) is 36.4 Å². The molecule has 0 nitrogen and oxygen atoms in total. The maximum absolute atomic E-state index is 2.45. The van der Waals surface area contributed by atoms with Gasteiger partial charge < -0.3 is 0 Å². The third-order valence-electron chi connectivity index (χ3n) is 2.53. The molecule has 0 amide bonds. The molecule has 1 heteroatoms. The van der Waals surface area contributed by atoms with Crippen molar-refractivity contribution in [1.82, 2.24) is 0 Å². The van der Waals surface area contributed by atoms with Crippen molar-refractivity contribution >= 4 is 13.3 Å². The standard InChI is InChI=1S/C14H22Si/c1-5-6-12-14(15(2,3)4)13-10-8-7-9-11-13/h7-12H,5-6H2,1-4H3/b14-12-. The fourth-order valence-electron chi connectivity index (χ4n) is 1.76. The molecule has 82 valence electrons. The molecule has 0 radical (unpaired) electrons. The van der Waals surface area contributed by atoms with E-state index in [2.05, 4.69) is 63.0 Å². The van der Waals surface area contributed by atoms with Crippen molar-refractivity contribution in [3.05, 3.63) is 42.0 Å². The molecular formula is C14H22Si. The molecule has 0 aliphatic carbocycles. The molecule has 0 aliphatic rings. The highest BCUT2D eigenvalue weighted by molar-refractivity contribution is 6.93. The second-order valence-electron chi connectivity index (χ2n) is 5.02. The minimum Gasteiger partial charge on any atom is -0.0847 e. The first kappa shape index (κ1) is 12.2. The molecule has 0 spiro atoms. The quantitative estimate of drug-likeness (QED) is 0.640. The highest BCUT2D eigenvalue weighted by Gasteiger charge is 2.20.